The SMILES string of the molecule is CN1CC(C(=O)O)CC2CNCCC21. The Kier molecular flexibility index (Phi) is 2.74. The van der Waals surface area contributed by atoms with Crippen LogP contribution in [0, 0.1) is 11.8 Å². The quantitative estimate of drug-likeness (QED) is 0.623. The average Bonchev–Trinajstić information content (AvgIpc) is 2.17. The predicted molar refractivity (Wildman–Crippen MR) is 53.1 cm³/mol. The molecule has 4 heteroatoms. The lowest BCUT2D eigenvalue weighted by Crippen LogP contribution is -2.54. The molecule has 3 unspecified atom stereocenters. The van der Waals surface area contributed by atoms with Gasteiger partial charge in [-0.05, 0) is 38.9 Å². The summed E-state index contributed by atoms with van der Waals surface area (Å²) in [7, 11) is 2.05. The molecular weight excluding hydrogens is 180 g/mol. The van der Waals surface area contributed by atoms with Gasteiger partial charge in [0, 0.05) is 12.6 Å². The topological polar surface area (TPSA) is 52.6 Å². The van der Waals surface area contributed by atoms with Crippen LogP contribution in [0.25, 0.3) is 0 Å². The second kappa shape index (κ2) is 3.87. The van der Waals surface area contributed by atoms with Crippen LogP contribution in [0.3, 0.4) is 0 Å². The van der Waals surface area contributed by atoms with E-state index < -0.39 is 5.97 Å². The fourth-order valence-electron chi connectivity index (χ4n) is 2.83. The molecule has 80 valence electrons. The molecule has 0 aromatic rings. The molecule has 2 saturated heterocycles. The molecule has 0 bridgehead atoms. The number of likely N-dealkylation sites (tertiary alicyclic amines) is 1. The summed E-state index contributed by atoms with van der Waals surface area (Å²) in [5.74, 6) is -0.273. The molecule has 0 aromatic carbocycles. The number of piperidine rings is 2. The van der Waals surface area contributed by atoms with E-state index in [9.17, 15) is 4.79 Å². The molecule has 2 N–H and O–H groups in total. The highest BCUT2D eigenvalue weighted by Crippen LogP contribution is 2.29. The third kappa shape index (κ3) is 1.77. The Bertz CT molecular complexity index is 232. The third-order valence-electron chi connectivity index (χ3n) is 3.58. The van der Waals surface area contributed by atoms with E-state index in [0.29, 0.717) is 12.0 Å². The van der Waals surface area contributed by atoms with E-state index in [2.05, 4.69) is 17.3 Å². The monoisotopic (exact) mass is 198 g/mol. The number of nitrogens with one attached hydrogen (secondary N) is 1. The summed E-state index contributed by atoms with van der Waals surface area (Å²) in [5, 5.41) is 12.3. The van der Waals surface area contributed by atoms with Gasteiger partial charge in [0.05, 0.1) is 5.92 Å². The number of fused-ring (bicyclic) bond motifs is 1. The lowest BCUT2D eigenvalue weighted by Gasteiger charge is -2.44. The largest absolute Gasteiger partial charge is 0.481 e. The summed E-state index contributed by atoms with van der Waals surface area (Å²) in [6, 6.07) is 0.604. The van der Waals surface area contributed by atoms with Gasteiger partial charge in [-0.1, -0.05) is 0 Å². The maximum Gasteiger partial charge on any atom is 0.307 e. The lowest BCUT2D eigenvalue weighted by molar-refractivity contribution is -0.145. The van der Waals surface area contributed by atoms with Crippen LogP contribution in [-0.4, -0.2) is 48.7 Å². The van der Waals surface area contributed by atoms with Crippen LogP contribution in [0.1, 0.15) is 12.8 Å². The van der Waals surface area contributed by atoms with Crippen molar-refractivity contribution in [3.8, 4) is 0 Å². The van der Waals surface area contributed by atoms with Crippen molar-refractivity contribution in [3.63, 3.8) is 0 Å². The fourth-order valence-corrected chi connectivity index (χ4v) is 2.83. The maximum atomic E-state index is 10.9. The molecule has 2 fully saturated rings. The van der Waals surface area contributed by atoms with Crippen LogP contribution < -0.4 is 5.32 Å². The maximum absolute atomic E-state index is 10.9. The Balaban J connectivity index is 2.04. The van der Waals surface area contributed by atoms with Crippen LogP contribution in [-0.2, 0) is 4.79 Å². The van der Waals surface area contributed by atoms with Gasteiger partial charge in [-0.3, -0.25) is 4.79 Å². The molecule has 0 spiro atoms. The highest BCUT2D eigenvalue weighted by atomic mass is 16.4. The number of aliphatic carboxylic acids is 1. The van der Waals surface area contributed by atoms with Crippen LogP contribution in [0.5, 0.6) is 0 Å². The zero-order valence-electron chi connectivity index (χ0n) is 8.57. The number of carboxylic acid groups (broad SMARTS) is 1. The molecule has 2 aliphatic rings. The first-order valence-corrected chi connectivity index (χ1v) is 5.32. The normalized spacial score (nSPS) is 39.1. The van der Waals surface area contributed by atoms with Crippen molar-refractivity contribution in [1.82, 2.24) is 10.2 Å². The van der Waals surface area contributed by atoms with E-state index in [4.69, 9.17) is 5.11 Å². The van der Waals surface area contributed by atoms with Crippen LogP contribution >= 0.6 is 0 Å². The molecule has 0 amide bonds. The minimum absolute atomic E-state index is 0.166. The van der Waals surface area contributed by atoms with Gasteiger partial charge in [0.1, 0.15) is 0 Å². The first-order chi connectivity index (χ1) is 6.68. The predicted octanol–water partition coefficient (Wildman–Crippen LogP) is 0.000800. The molecule has 14 heavy (non-hydrogen) atoms. The molecule has 0 aromatic heterocycles. The standard InChI is InChI=1S/C10H18N2O2/c1-12-6-8(10(13)14)4-7-5-11-3-2-9(7)12/h7-9,11H,2-6H2,1H3,(H,13,14). The number of hydrogen-bond donors (Lipinski definition) is 2. The molecule has 0 saturated carbocycles. The summed E-state index contributed by atoms with van der Waals surface area (Å²) in [6.45, 7) is 2.78. The smallest absolute Gasteiger partial charge is 0.307 e. The Hall–Kier alpha value is -0.610. The summed E-state index contributed by atoms with van der Waals surface area (Å²) < 4.78 is 0. The van der Waals surface area contributed by atoms with Crippen molar-refractivity contribution < 1.29 is 9.90 Å². The number of carboxylic acids is 1. The van der Waals surface area contributed by atoms with Crippen molar-refractivity contribution in [1.29, 1.82) is 0 Å². The zero-order valence-corrected chi connectivity index (χ0v) is 8.57. The third-order valence-corrected chi connectivity index (χ3v) is 3.58. The van der Waals surface area contributed by atoms with Crippen molar-refractivity contribution in [3.05, 3.63) is 0 Å². The first kappa shape index (κ1) is 9.93. The fraction of sp³-hybridized carbons (Fsp3) is 0.900. The van der Waals surface area contributed by atoms with Crippen molar-refractivity contribution in [2.24, 2.45) is 11.8 Å². The molecule has 4 nitrogen and oxygen atoms in total. The van der Waals surface area contributed by atoms with E-state index in [1.807, 2.05) is 0 Å². The van der Waals surface area contributed by atoms with Crippen LogP contribution in [0.2, 0.25) is 0 Å². The van der Waals surface area contributed by atoms with Gasteiger partial charge >= 0.3 is 5.97 Å². The van der Waals surface area contributed by atoms with Crippen LogP contribution in [0.4, 0.5) is 0 Å². The van der Waals surface area contributed by atoms with Crippen molar-refractivity contribution >= 4 is 5.97 Å². The highest BCUT2D eigenvalue weighted by Gasteiger charge is 2.38. The molecule has 0 radical (unpaired) electrons. The number of hydrogen-bond acceptors (Lipinski definition) is 3. The lowest BCUT2D eigenvalue weighted by atomic mass is 9.80. The Morgan fingerprint density at radius 2 is 2.36 bits per heavy atom. The zero-order chi connectivity index (χ0) is 10.1. The highest BCUT2D eigenvalue weighted by molar-refractivity contribution is 5.70. The van der Waals surface area contributed by atoms with E-state index in [-0.39, 0.29) is 5.92 Å². The molecule has 0 aliphatic carbocycles. The Morgan fingerprint density at radius 3 is 3.07 bits per heavy atom. The van der Waals surface area contributed by atoms with Gasteiger partial charge in [-0.2, -0.15) is 0 Å². The van der Waals surface area contributed by atoms with E-state index in [0.717, 1.165) is 32.5 Å². The first-order valence-electron chi connectivity index (χ1n) is 5.32. The van der Waals surface area contributed by atoms with Crippen molar-refractivity contribution in [2.75, 3.05) is 26.7 Å². The van der Waals surface area contributed by atoms with Gasteiger partial charge in [0.2, 0.25) is 0 Å². The van der Waals surface area contributed by atoms with Gasteiger partial charge in [0.15, 0.2) is 0 Å². The van der Waals surface area contributed by atoms with Gasteiger partial charge in [-0.25, -0.2) is 0 Å². The Labute approximate surface area is 84.3 Å². The molecular formula is C10H18N2O2. The van der Waals surface area contributed by atoms with Gasteiger partial charge in [-0.15, -0.1) is 0 Å². The number of carbonyl (C=O) groups is 1. The minimum atomic E-state index is -0.638. The summed E-state index contributed by atoms with van der Waals surface area (Å²) in [5.41, 5.74) is 0. The summed E-state index contributed by atoms with van der Waals surface area (Å²) >= 11 is 0. The molecule has 2 heterocycles. The summed E-state index contributed by atoms with van der Waals surface area (Å²) in [4.78, 5) is 13.2. The molecule has 2 rings (SSSR count). The van der Waals surface area contributed by atoms with Gasteiger partial charge < -0.3 is 15.3 Å². The second-order valence-corrected chi connectivity index (χ2v) is 4.53. The number of nitrogens with zero attached hydrogens (tertiary/aromatic N) is 1. The molecule has 3 atom stereocenters. The summed E-state index contributed by atoms with van der Waals surface area (Å²) in [6.07, 6.45) is 2.00. The van der Waals surface area contributed by atoms with Crippen molar-refractivity contribution in [2.45, 2.75) is 18.9 Å². The van der Waals surface area contributed by atoms with Gasteiger partial charge in [0.25, 0.3) is 0 Å². The second-order valence-electron chi connectivity index (χ2n) is 4.53. The van der Waals surface area contributed by atoms with E-state index in [1.54, 1.807) is 0 Å². The Morgan fingerprint density at radius 1 is 1.57 bits per heavy atom. The molecule has 2 aliphatic heterocycles. The average molecular weight is 198 g/mol. The van der Waals surface area contributed by atoms with E-state index in [1.165, 1.54) is 0 Å². The minimum Gasteiger partial charge on any atom is -0.481 e. The number of rotatable bonds is 1. The van der Waals surface area contributed by atoms with Crippen LogP contribution in [0.15, 0.2) is 0 Å². The van der Waals surface area contributed by atoms with E-state index >= 15 is 0 Å².